The zero-order chi connectivity index (χ0) is 9.30. The number of hydrogen-bond donors (Lipinski definition) is 2. The molecule has 5 heteroatoms. The van der Waals surface area contributed by atoms with Crippen molar-refractivity contribution in [3.63, 3.8) is 0 Å². The molecule has 4 nitrogen and oxygen atoms in total. The minimum Gasteiger partial charge on any atom is -0.423 e. The van der Waals surface area contributed by atoms with Crippen LogP contribution in [0.3, 0.4) is 0 Å². The average molecular weight is 168 g/mol. The summed E-state index contributed by atoms with van der Waals surface area (Å²) in [5.41, 5.74) is 1.14. The van der Waals surface area contributed by atoms with Gasteiger partial charge >= 0.3 is 7.12 Å². The third-order valence-corrected chi connectivity index (χ3v) is 1.76. The van der Waals surface area contributed by atoms with E-state index < -0.39 is 7.12 Å². The Balaban J connectivity index is 3.00. The largest absolute Gasteiger partial charge is 0.491 e. The minimum atomic E-state index is -1.42. The third-order valence-electron chi connectivity index (χ3n) is 1.76. The van der Waals surface area contributed by atoms with Crippen molar-refractivity contribution in [2.24, 2.45) is 0 Å². The van der Waals surface area contributed by atoms with Crippen LogP contribution in [0.25, 0.3) is 0 Å². The fraction of sp³-hybridized carbons (Fsp3) is 0.571. The van der Waals surface area contributed by atoms with Crippen molar-refractivity contribution < 1.29 is 10.0 Å². The van der Waals surface area contributed by atoms with Crippen molar-refractivity contribution >= 4 is 12.6 Å². The number of hydrogen-bond acceptors (Lipinski definition) is 3. The van der Waals surface area contributed by atoms with E-state index in [-0.39, 0.29) is 6.04 Å². The van der Waals surface area contributed by atoms with Crippen LogP contribution in [0.1, 0.15) is 25.6 Å². The molecule has 0 unspecified atom stereocenters. The molecular weight excluding hydrogens is 155 g/mol. The van der Waals surface area contributed by atoms with Gasteiger partial charge in [0.1, 0.15) is 0 Å². The molecule has 0 aliphatic rings. The molecule has 2 N–H and O–H groups in total. The Hall–Kier alpha value is -0.805. The molecule has 12 heavy (non-hydrogen) atoms. The van der Waals surface area contributed by atoms with Gasteiger partial charge in [-0.15, -0.1) is 0 Å². The van der Waals surface area contributed by atoms with Crippen molar-refractivity contribution in [3.05, 3.63) is 11.9 Å². The van der Waals surface area contributed by atoms with Gasteiger partial charge < -0.3 is 10.0 Å². The molecule has 1 rings (SSSR count). The first-order valence-electron chi connectivity index (χ1n) is 3.94. The molecule has 0 aliphatic heterocycles. The lowest BCUT2D eigenvalue weighted by Crippen LogP contribution is -2.30. The fourth-order valence-corrected chi connectivity index (χ4v) is 1.01. The standard InChI is InChI=1S/C7H13BN2O2/c1-5(2)10-4-7(8(11)12)6(3)9-10/h4-5,11-12H,1-3H3. The predicted octanol–water partition coefficient (Wildman–Crippen LogP) is -0.548. The second-order valence-corrected chi connectivity index (χ2v) is 3.12. The Labute approximate surface area is 72.0 Å². The van der Waals surface area contributed by atoms with Gasteiger partial charge in [-0.1, -0.05) is 0 Å². The highest BCUT2D eigenvalue weighted by Crippen LogP contribution is 2.01. The molecule has 0 amide bonds. The fourth-order valence-electron chi connectivity index (χ4n) is 1.01. The van der Waals surface area contributed by atoms with Crippen LogP contribution in [0.4, 0.5) is 0 Å². The summed E-state index contributed by atoms with van der Waals surface area (Å²) in [4.78, 5) is 0. The SMILES string of the molecule is Cc1nn(C(C)C)cc1B(O)O. The van der Waals surface area contributed by atoms with E-state index in [0.717, 1.165) is 0 Å². The number of rotatable bonds is 2. The highest BCUT2D eigenvalue weighted by atomic mass is 16.4. The quantitative estimate of drug-likeness (QED) is 0.582. The van der Waals surface area contributed by atoms with E-state index in [1.54, 1.807) is 17.8 Å². The van der Waals surface area contributed by atoms with Gasteiger partial charge in [0, 0.05) is 17.7 Å². The molecule has 1 aromatic heterocycles. The normalized spacial score (nSPS) is 10.8. The van der Waals surface area contributed by atoms with Gasteiger partial charge in [-0.2, -0.15) is 5.10 Å². The maximum Gasteiger partial charge on any atom is 0.491 e. The first-order chi connectivity index (χ1) is 5.52. The van der Waals surface area contributed by atoms with E-state index >= 15 is 0 Å². The summed E-state index contributed by atoms with van der Waals surface area (Å²) >= 11 is 0. The van der Waals surface area contributed by atoms with E-state index in [9.17, 15) is 0 Å². The van der Waals surface area contributed by atoms with Gasteiger partial charge in [-0.05, 0) is 20.8 Å². The van der Waals surface area contributed by atoms with Crippen LogP contribution >= 0.6 is 0 Å². The summed E-state index contributed by atoms with van der Waals surface area (Å²) in [5.74, 6) is 0. The van der Waals surface area contributed by atoms with E-state index in [1.807, 2.05) is 13.8 Å². The zero-order valence-electron chi connectivity index (χ0n) is 7.52. The molecule has 1 heterocycles. The molecule has 0 saturated carbocycles. The van der Waals surface area contributed by atoms with E-state index in [4.69, 9.17) is 10.0 Å². The molecule has 0 saturated heterocycles. The lowest BCUT2D eigenvalue weighted by Gasteiger charge is -2.02. The van der Waals surface area contributed by atoms with Crippen molar-refractivity contribution in [1.29, 1.82) is 0 Å². The van der Waals surface area contributed by atoms with Gasteiger partial charge in [0.15, 0.2) is 0 Å². The monoisotopic (exact) mass is 168 g/mol. The van der Waals surface area contributed by atoms with Gasteiger partial charge in [0.05, 0.1) is 5.69 Å². The maximum absolute atomic E-state index is 8.90. The molecule has 0 atom stereocenters. The second-order valence-electron chi connectivity index (χ2n) is 3.12. The predicted molar refractivity (Wildman–Crippen MR) is 47.2 cm³/mol. The van der Waals surface area contributed by atoms with Crippen molar-refractivity contribution in [2.45, 2.75) is 26.8 Å². The smallest absolute Gasteiger partial charge is 0.423 e. The molecule has 0 aliphatic carbocycles. The molecular formula is C7H13BN2O2. The lowest BCUT2D eigenvalue weighted by atomic mass is 9.81. The Morgan fingerprint density at radius 3 is 2.33 bits per heavy atom. The molecule has 1 aromatic rings. The topological polar surface area (TPSA) is 58.3 Å². The molecule has 66 valence electrons. The van der Waals surface area contributed by atoms with Crippen LogP contribution in [0.15, 0.2) is 6.20 Å². The van der Waals surface area contributed by atoms with E-state index in [1.165, 1.54) is 0 Å². The second kappa shape index (κ2) is 3.29. The maximum atomic E-state index is 8.90. The lowest BCUT2D eigenvalue weighted by molar-refractivity contribution is 0.425. The Morgan fingerprint density at radius 2 is 2.08 bits per heavy atom. The minimum absolute atomic E-state index is 0.246. The highest BCUT2D eigenvalue weighted by molar-refractivity contribution is 6.59. The van der Waals surface area contributed by atoms with Crippen molar-refractivity contribution in [1.82, 2.24) is 9.78 Å². The first-order valence-corrected chi connectivity index (χ1v) is 3.94. The average Bonchev–Trinajstić information content (AvgIpc) is 2.30. The van der Waals surface area contributed by atoms with Gasteiger partial charge in [-0.3, -0.25) is 4.68 Å². The summed E-state index contributed by atoms with van der Waals surface area (Å²) < 4.78 is 1.71. The molecule has 0 bridgehead atoms. The summed E-state index contributed by atoms with van der Waals surface area (Å²) in [7, 11) is -1.42. The zero-order valence-corrected chi connectivity index (χ0v) is 7.52. The summed E-state index contributed by atoms with van der Waals surface area (Å²) in [6.45, 7) is 5.73. The van der Waals surface area contributed by atoms with E-state index in [2.05, 4.69) is 5.10 Å². The van der Waals surface area contributed by atoms with Crippen LogP contribution in [0, 0.1) is 6.92 Å². The van der Waals surface area contributed by atoms with Crippen LogP contribution < -0.4 is 5.46 Å². The third kappa shape index (κ3) is 1.68. The number of nitrogens with zero attached hydrogens (tertiary/aromatic N) is 2. The highest BCUT2D eigenvalue weighted by Gasteiger charge is 2.17. The van der Waals surface area contributed by atoms with Crippen LogP contribution in [0.2, 0.25) is 0 Å². The molecule has 0 fully saturated rings. The number of aryl methyl sites for hydroxylation is 1. The van der Waals surface area contributed by atoms with Crippen LogP contribution in [0.5, 0.6) is 0 Å². The summed E-state index contributed by atoms with van der Waals surface area (Å²) in [5, 5.41) is 21.9. The Morgan fingerprint density at radius 1 is 1.50 bits per heavy atom. The van der Waals surface area contributed by atoms with Gasteiger partial charge in [0.25, 0.3) is 0 Å². The molecule has 0 aromatic carbocycles. The Kier molecular flexibility index (Phi) is 2.54. The summed E-state index contributed by atoms with van der Waals surface area (Å²) in [6, 6.07) is 0.246. The Bertz CT molecular complexity index is 270. The van der Waals surface area contributed by atoms with Crippen molar-refractivity contribution in [3.8, 4) is 0 Å². The van der Waals surface area contributed by atoms with Crippen LogP contribution in [-0.2, 0) is 0 Å². The molecule has 0 radical (unpaired) electrons. The molecule has 0 spiro atoms. The van der Waals surface area contributed by atoms with Gasteiger partial charge in [0.2, 0.25) is 0 Å². The summed E-state index contributed by atoms with van der Waals surface area (Å²) in [6.07, 6.45) is 1.66. The van der Waals surface area contributed by atoms with Crippen molar-refractivity contribution in [2.75, 3.05) is 0 Å². The number of aromatic nitrogens is 2. The van der Waals surface area contributed by atoms with Gasteiger partial charge in [-0.25, -0.2) is 0 Å². The van der Waals surface area contributed by atoms with Crippen LogP contribution in [-0.4, -0.2) is 26.9 Å². The first kappa shape index (κ1) is 9.28. The van der Waals surface area contributed by atoms with E-state index in [0.29, 0.717) is 11.2 Å².